The highest BCUT2D eigenvalue weighted by molar-refractivity contribution is 14.0. The monoisotopic (exact) mass is 530 g/mol. The highest BCUT2D eigenvalue weighted by Gasteiger charge is 2.66. The summed E-state index contributed by atoms with van der Waals surface area (Å²) >= 11 is 1.80. The van der Waals surface area contributed by atoms with Crippen molar-refractivity contribution in [1.29, 1.82) is 0 Å². The number of likely N-dealkylation sites (tertiary alicyclic amines) is 1. The lowest BCUT2D eigenvalue weighted by atomic mass is 9.46. The van der Waals surface area contributed by atoms with E-state index < -0.39 is 0 Å². The van der Waals surface area contributed by atoms with Crippen LogP contribution in [-0.2, 0) is 11.3 Å². The second-order valence-corrected chi connectivity index (χ2v) is 9.88. The Bertz CT molecular complexity index is 685. The molecule has 1 aromatic heterocycles. The van der Waals surface area contributed by atoms with Crippen LogP contribution in [0.2, 0.25) is 0 Å². The van der Waals surface area contributed by atoms with Gasteiger partial charge in [0.2, 0.25) is 0 Å². The molecule has 5 rings (SSSR count). The van der Waals surface area contributed by atoms with E-state index in [9.17, 15) is 0 Å². The normalized spacial score (nSPS) is 31.5. The average Bonchev–Trinajstić information content (AvgIpc) is 3.31. The molecule has 2 N–H and O–H groups in total. The molecule has 7 heteroatoms. The average molecular weight is 531 g/mol. The summed E-state index contributed by atoms with van der Waals surface area (Å²) in [6.07, 6.45) is 8.13. The van der Waals surface area contributed by atoms with Crippen molar-refractivity contribution in [2.75, 3.05) is 26.2 Å². The molecule has 2 aliphatic heterocycles. The van der Waals surface area contributed by atoms with Crippen LogP contribution in [-0.4, -0.2) is 55.3 Å². The summed E-state index contributed by atoms with van der Waals surface area (Å²) in [4.78, 5) is 7.38. The van der Waals surface area contributed by atoms with E-state index in [1.165, 1.54) is 57.2 Å². The molecule has 0 bridgehead atoms. The lowest BCUT2D eigenvalue weighted by Crippen LogP contribution is -2.72. The lowest BCUT2D eigenvalue weighted by molar-refractivity contribution is -0.171. The van der Waals surface area contributed by atoms with E-state index in [1.807, 2.05) is 0 Å². The molecule has 5 nitrogen and oxygen atoms in total. The number of ether oxygens (including phenoxy) is 1. The molecular weight excluding hydrogens is 495 g/mol. The number of halogens is 1. The molecule has 2 saturated heterocycles. The van der Waals surface area contributed by atoms with Crippen molar-refractivity contribution in [2.45, 2.75) is 70.2 Å². The molecule has 2 saturated carbocycles. The van der Waals surface area contributed by atoms with Crippen molar-refractivity contribution >= 4 is 41.3 Å². The summed E-state index contributed by atoms with van der Waals surface area (Å²) in [6.45, 7) is 7.34. The van der Waals surface area contributed by atoms with E-state index in [2.05, 4.69) is 39.3 Å². The molecule has 3 heterocycles. The minimum atomic E-state index is 0. The fourth-order valence-electron chi connectivity index (χ4n) is 5.96. The van der Waals surface area contributed by atoms with E-state index in [0.29, 0.717) is 29.5 Å². The van der Waals surface area contributed by atoms with Crippen LogP contribution in [0.25, 0.3) is 0 Å². The van der Waals surface area contributed by atoms with Crippen LogP contribution in [0.15, 0.2) is 21.8 Å². The van der Waals surface area contributed by atoms with Crippen LogP contribution in [0.1, 0.15) is 51.0 Å². The first-order valence-electron chi connectivity index (χ1n) is 11.2. The van der Waals surface area contributed by atoms with Gasteiger partial charge in [0.1, 0.15) is 0 Å². The second-order valence-electron chi connectivity index (χ2n) is 9.10. The maximum absolute atomic E-state index is 6.08. The van der Waals surface area contributed by atoms with Crippen molar-refractivity contribution in [2.24, 2.45) is 16.3 Å². The Morgan fingerprint density at radius 2 is 2.10 bits per heavy atom. The zero-order valence-electron chi connectivity index (χ0n) is 17.4. The number of piperidine rings is 1. The molecule has 0 radical (unpaired) electrons. The van der Waals surface area contributed by atoms with E-state index in [4.69, 9.17) is 9.73 Å². The maximum atomic E-state index is 6.08. The number of aliphatic imine (C=N–C) groups is 1. The smallest absolute Gasteiger partial charge is 0.191 e. The van der Waals surface area contributed by atoms with Crippen molar-refractivity contribution in [3.8, 4) is 0 Å². The Balaban J connectivity index is 0.00000205. The SMILES string of the molecule is CCN=C(NC1CCN(Cc2ccsc2)CC1)NC1C2CCOC2C12CCC2.I. The Labute approximate surface area is 196 Å². The molecule has 3 atom stereocenters. The Morgan fingerprint density at radius 1 is 1.28 bits per heavy atom. The van der Waals surface area contributed by atoms with Crippen molar-refractivity contribution < 1.29 is 4.74 Å². The van der Waals surface area contributed by atoms with E-state index in [1.54, 1.807) is 11.3 Å². The number of guanidine groups is 1. The third-order valence-electron chi connectivity index (χ3n) is 7.56. The van der Waals surface area contributed by atoms with Crippen molar-refractivity contribution in [1.82, 2.24) is 15.5 Å². The van der Waals surface area contributed by atoms with Crippen LogP contribution in [0.3, 0.4) is 0 Å². The molecular formula is C22H35IN4OS. The molecule has 2 aliphatic carbocycles. The number of nitrogens with zero attached hydrogens (tertiary/aromatic N) is 2. The third kappa shape index (κ3) is 4.21. The van der Waals surface area contributed by atoms with Gasteiger partial charge in [-0.05, 0) is 61.4 Å². The minimum absolute atomic E-state index is 0. The van der Waals surface area contributed by atoms with Gasteiger partial charge < -0.3 is 15.4 Å². The molecule has 4 aliphatic rings. The van der Waals surface area contributed by atoms with Gasteiger partial charge in [-0.3, -0.25) is 9.89 Å². The first-order valence-corrected chi connectivity index (χ1v) is 12.2. The van der Waals surface area contributed by atoms with Gasteiger partial charge in [0.05, 0.1) is 6.10 Å². The summed E-state index contributed by atoms with van der Waals surface area (Å²) in [7, 11) is 0. The largest absolute Gasteiger partial charge is 0.377 e. The van der Waals surface area contributed by atoms with Gasteiger partial charge >= 0.3 is 0 Å². The fraction of sp³-hybridized carbons (Fsp3) is 0.773. The van der Waals surface area contributed by atoms with Gasteiger partial charge in [-0.25, -0.2) is 0 Å². The summed E-state index contributed by atoms with van der Waals surface area (Å²) in [6, 6.07) is 3.34. The van der Waals surface area contributed by atoms with Crippen LogP contribution in [0, 0.1) is 11.3 Å². The number of hydrogen-bond acceptors (Lipinski definition) is 4. The first-order chi connectivity index (χ1) is 13.8. The van der Waals surface area contributed by atoms with E-state index in [0.717, 1.165) is 25.7 Å². The van der Waals surface area contributed by atoms with E-state index in [-0.39, 0.29) is 24.0 Å². The standard InChI is InChI=1S/C22H34N4OS.HI/c1-2-23-21(25-19-18-6-12-27-20(18)22(19)8-3-9-22)24-17-4-10-26(11-5-17)14-16-7-13-28-15-16;/h7,13,15,17-20H,2-6,8-12,14H2,1H3,(H2,23,24,25);1H. The summed E-state index contributed by atoms with van der Waals surface area (Å²) in [5, 5.41) is 12.1. The van der Waals surface area contributed by atoms with Crippen molar-refractivity contribution in [3.63, 3.8) is 0 Å². The first kappa shape index (κ1) is 21.8. The Morgan fingerprint density at radius 3 is 2.76 bits per heavy atom. The molecule has 1 aromatic rings. The second kappa shape index (κ2) is 9.40. The lowest BCUT2D eigenvalue weighted by Gasteiger charge is -2.63. The zero-order chi connectivity index (χ0) is 19.0. The number of hydrogen-bond donors (Lipinski definition) is 2. The predicted molar refractivity (Wildman–Crippen MR) is 130 cm³/mol. The minimum Gasteiger partial charge on any atom is -0.377 e. The summed E-state index contributed by atoms with van der Waals surface area (Å²) in [5.74, 6) is 1.73. The van der Waals surface area contributed by atoms with Crippen LogP contribution >= 0.6 is 35.3 Å². The van der Waals surface area contributed by atoms with E-state index >= 15 is 0 Å². The number of thiophene rings is 1. The Hall–Kier alpha value is -0.380. The molecule has 0 aromatic carbocycles. The van der Waals surface area contributed by atoms with Crippen LogP contribution < -0.4 is 10.6 Å². The summed E-state index contributed by atoms with van der Waals surface area (Å²) < 4.78 is 6.08. The molecule has 3 unspecified atom stereocenters. The zero-order valence-corrected chi connectivity index (χ0v) is 20.6. The van der Waals surface area contributed by atoms with Gasteiger partial charge in [-0.2, -0.15) is 11.3 Å². The quantitative estimate of drug-likeness (QED) is 0.345. The maximum Gasteiger partial charge on any atom is 0.191 e. The van der Waals surface area contributed by atoms with Gasteiger partial charge in [0.25, 0.3) is 0 Å². The molecule has 162 valence electrons. The van der Waals surface area contributed by atoms with Gasteiger partial charge in [-0.1, -0.05) is 6.42 Å². The molecule has 4 fully saturated rings. The van der Waals surface area contributed by atoms with Gasteiger partial charge in [-0.15, -0.1) is 24.0 Å². The fourth-order valence-corrected chi connectivity index (χ4v) is 6.62. The number of nitrogens with one attached hydrogen (secondary N) is 2. The van der Waals surface area contributed by atoms with Crippen LogP contribution in [0.4, 0.5) is 0 Å². The molecule has 0 amide bonds. The Kier molecular flexibility index (Phi) is 7.08. The van der Waals surface area contributed by atoms with Crippen molar-refractivity contribution in [3.05, 3.63) is 22.4 Å². The molecule has 29 heavy (non-hydrogen) atoms. The van der Waals surface area contributed by atoms with Gasteiger partial charge in [0, 0.05) is 56.2 Å². The van der Waals surface area contributed by atoms with Crippen LogP contribution in [0.5, 0.6) is 0 Å². The van der Waals surface area contributed by atoms with Gasteiger partial charge in [0.15, 0.2) is 5.96 Å². The number of rotatable bonds is 5. The predicted octanol–water partition coefficient (Wildman–Crippen LogP) is 3.84. The third-order valence-corrected chi connectivity index (χ3v) is 8.29. The molecule has 1 spiro atoms. The highest BCUT2D eigenvalue weighted by Crippen LogP contribution is 2.62. The highest BCUT2D eigenvalue weighted by atomic mass is 127. The topological polar surface area (TPSA) is 48.9 Å². The summed E-state index contributed by atoms with van der Waals surface area (Å²) in [5.41, 5.74) is 1.86. The number of fused-ring (bicyclic) bond motifs is 2.